The van der Waals surface area contributed by atoms with Crippen molar-refractivity contribution in [2.45, 2.75) is 90.8 Å². The zero-order chi connectivity index (χ0) is 18.5. The van der Waals surface area contributed by atoms with Crippen molar-refractivity contribution in [2.24, 2.45) is 34.5 Å². The fourth-order valence-corrected chi connectivity index (χ4v) is 8.15. The topological polar surface area (TPSA) is 9.23 Å². The second kappa shape index (κ2) is 6.90. The van der Waals surface area contributed by atoms with Gasteiger partial charge >= 0.3 is 0 Å². The van der Waals surface area contributed by atoms with Crippen LogP contribution in [0.25, 0.3) is 0 Å². The monoisotopic (exact) mass is 366 g/mol. The molecule has 7 atom stereocenters. The summed E-state index contributed by atoms with van der Waals surface area (Å²) in [5.74, 6) is 3.98. The van der Waals surface area contributed by atoms with Gasteiger partial charge in [-0.2, -0.15) is 0 Å². The predicted octanol–water partition coefficient (Wildman–Crippen LogP) is 7.00. The van der Waals surface area contributed by atoms with E-state index in [4.69, 9.17) is 4.74 Å². The van der Waals surface area contributed by atoms with Gasteiger partial charge in [-0.05, 0) is 97.9 Å². The van der Waals surface area contributed by atoms with Gasteiger partial charge in [-0.3, -0.25) is 0 Å². The fraction of sp³-hybridized carbons (Fsp3) is 0.769. The summed E-state index contributed by atoms with van der Waals surface area (Å²) in [6.45, 7) is 6.10. The van der Waals surface area contributed by atoms with E-state index >= 15 is 0 Å². The molecule has 0 saturated heterocycles. The van der Waals surface area contributed by atoms with Gasteiger partial charge in [0.1, 0.15) is 0 Å². The average Bonchev–Trinajstić information content (AvgIpc) is 3.09. The van der Waals surface area contributed by atoms with E-state index in [1.54, 1.807) is 0 Å². The molecule has 0 spiro atoms. The Balaban J connectivity index is 1.25. The molecule has 5 rings (SSSR count). The molecule has 4 fully saturated rings. The van der Waals surface area contributed by atoms with E-state index in [1.165, 1.54) is 69.8 Å². The molecule has 4 aliphatic carbocycles. The number of hydrogen-bond acceptors (Lipinski definition) is 1. The van der Waals surface area contributed by atoms with Crippen LogP contribution < -0.4 is 0 Å². The number of hydrogen-bond donors (Lipinski definition) is 0. The van der Waals surface area contributed by atoms with E-state index in [0.717, 1.165) is 30.3 Å². The van der Waals surface area contributed by atoms with Crippen molar-refractivity contribution < 1.29 is 4.74 Å². The highest BCUT2D eigenvalue weighted by Gasteiger charge is 2.57. The summed E-state index contributed by atoms with van der Waals surface area (Å²) in [5.41, 5.74) is 2.61. The van der Waals surface area contributed by atoms with Crippen LogP contribution in [-0.4, -0.2) is 6.10 Å². The SMILES string of the molecule is C[C@@]12CCC[C@@H]1[C@H]1CC[C@H]3C[C@@H](OCc4ccccc4)CC[C@]3(C)[C@H]1CC2. The molecule has 0 aliphatic heterocycles. The largest absolute Gasteiger partial charge is 0.374 e. The lowest BCUT2D eigenvalue weighted by Gasteiger charge is -2.60. The highest BCUT2D eigenvalue weighted by atomic mass is 16.5. The molecule has 0 amide bonds. The van der Waals surface area contributed by atoms with Crippen LogP contribution in [-0.2, 0) is 11.3 Å². The first kappa shape index (κ1) is 18.2. The molecule has 0 bridgehead atoms. The van der Waals surface area contributed by atoms with Crippen LogP contribution in [0.1, 0.15) is 83.6 Å². The molecule has 0 radical (unpaired) electrons. The van der Waals surface area contributed by atoms with Crippen molar-refractivity contribution in [1.82, 2.24) is 0 Å². The number of benzene rings is 1. The van der Waals surface area contributed by atoms with Gasteiger partial charge in [0.05, 0.1) is 12.7 Å². The summed E-state index contributed by atoms with van der Waals surface area (Å²) in [7, 11) is 0. The van der Waals surface area contributed by atoms with Gasteiger partial charge in [-0.1, -0.05) is 50.6 Å². The van der Waals surface area contributed by atoms with Crippen molar-refractivity contribution in [2.75, 3.05) is 0 Å². The molecule has 27 heavy (non-hydrogen) atoms. The average molecular weight is 367 g/mol. The van der Waals surface area contributed by atoms with Crippen LogP contribution in [0.3, 0.4) is 0 Å². The summed E-state index contributed by atoms with van der Waals surface area (Å²) in [4.78, 5) is 0. The van der Waals surface area contributed by atoms with Gasteiger partial charge in [-0.15, -0.1) is 0 Å². The lowest BCUT2D eigenvalue weighted by molar-refractivity contribution is -0.131. The van der Waals surface area contributed by atoms with Crippen molar-refractivity contribution in [3.8, 4) is 0 Å². The van der Waals surface area contributed by atoms with Gasteiger partial charge in [-0.25, -0.2) is 0 Å². The van der Waals surface area contributed by atoms with Gasteiger partial charge in [0, 0.05) is 0 Å². The molecule has 4 aliphatic rings. The second-order valence-electron chi connectivity index (χ2n) is 10.9. The summed E-state index contributed by atoms with van der Waals surface area (Å²) in [5, 5.41) is 0. The van der Waals surface area contributed by atoms with Gasteiger partial charge < -0.3 is 4.74 Å². The van der Waals surface area contributed by atoms with Gasteiger partial charge in [0.25, 0.3) is 0 Å². The van der Waals surface area contributed by atoms with Crippen LogP contribution in [0.2, 0.25) is 0 Å². The minimum absolute atomic E-state index is 0.486. The maximum Gasteiger partial charge on any atom is 0.0720 e. The standard InChI is InChI=1S/C26H38O/c1-25-14-6-9-23(25)22-11-10-20-17-21(27-18-19-7-4-3-5-8-19)12-16-26(20,2)24(22)13-15-25/h3-5,7-8,20-24H,6,9-18H2,1-2H3/t20-,21-,22+,23+,24-,25-,26-/m0/s1. The Labute approximate surface area is 166 Å². The van der Waals surface area contributed by atoms with Crippen molar-refractivity contribution in [3.63, 3.8) is 0 Å². The summed E-state index contributed by atoms with van der Waals surface area (Å²) in [6.07, 6.45) is 15.0. The smallest absolute Gasteiger partial charge is 0.0720 e. The van der Waals surface area contributed by atoms with E-state index in [0.29, 0.717) is 16.9 Å². The maximum atomic E-state index is 6.38. The highest BCUT2D eigenvalue weighted by Crippen LogP contribution is 2.66. The molecule has 0 heterocycles. The predicted molar refractivity (Wildman–Crippen MR) is 111 cm³/mol. The van der Waals surface area contributed by atoms with Gasteiger partial charge in [0.2, 0.25) is 0 Å². The number of fused-ring (bicyclic) bond motifs is 5. The van der Waals surface area contributed by atoms with E-state index in [-0.39, 0.29) is 0 Å². The zero-order valence-electron chi connectivity index (χ0n) is 17.5. The Morgan fingerprint density at radius 1 is 0.889 bits per heavy atom. The number of ether oxygens (including phenoxy) is 1. The molecule has 0 unspecified atom stereocenters. The van der Waals surface area contributed by atoms with Crippen LogP contribution >= 0.6 is 0 Å². The van der Waals surface area contributed by atoms with E-state index < -0.39 is 0 Å². The van der Waals surface area contributed by atoms with E-state index in [1.807, 2.05) is 0 Å². The number of rotatable bonds is 3. The Hall–Kier alpha value is -0.820. The first-order valence-corrected chi connectivity index (χ1v) is 11.7. The van der Waals surface area contributed by atoms with Crippen LogP contribution in [0.5, 0.6) is 0 Å². The summed E-state index contributed by atoms with van der Waals surface area (Å²) >= 11 is 0. The fourth-order valence-electron chi connectivity index (χ4n) is 8.15. The molecule has 148 valence electrons. The van der Waals surface area contributed by atoms with Gasteiger partial charge in [0.15, 0.2) is 0 Å². The van der Waals surface area contributed by atoms with Crippen molar-refractivity contribution >= 4 is 0 Å². The van der Waals surface area contributed by atoms with Crippen molar-refractivity contribution in [3.05, 3.63) is 35.9 Å². The normalized spacial score (nSPS) is 46.4. The highest BCUT2D eigenvalue weighted by molar-refractivity contribution is 5.13. The van der Waals surface area contributed by atoms with E-state index in [9.17, 15) is 0 Å². The third kappa shape index (κ3) is 3.09. The Bertz CT molecular complexity index is 653. The first-order chi connectivity index (χ1) is 13.1. The second-order valence-corrected chi connectivity index (χ2v) is 10.9. The molecular formula is C26H38O. The molecule has 0 aromatic heterocycles. The summed E-state index contributed by atoms with van der Waals surface area (Å²) < 4.78 is 6.38. The van der Waals surface area contributed by atoms with E-state index in [2.05, 4.69) is 44.2 Å². The lowest BCUT2D eigenvalue weighted by atomic mass is 9.45. The molecule has 1 aromatic rings. The summed E-state index contributed by atoms with van der Waals surface area (Å²) in [6, 6.07) is 10.7. The Morgan fingerprint density at radius 2 is 1.74 bits per heavy atom. The molecule has 0 N–H and O–H groups in total. The first-order valence-electron chi connectivity index (χ1n) is 11.7. The lowest BCUT2D eigenvalue weighted by Crippen LogP contribution is -2.53. The molecular weight excluding hydrogens is 328 g/mol. The minimum atomic E-state index is 0.486. The van der Waals surface area contributed by atoms with Crippen LogP contribution in [0.15, 0.2) is 30.3 Å². The molecule has 1 aromatic carbocycles. The zero-order valence-corrected chi connectivity index (χ0v) is 17.5. The third-order valence-electron chi connectivity index (χ3n) is 9.73. The maximum absolute atomic E-state index is 6.38. The Kier molecular flexibility index (Phi) is 4.66. The quantitative estimate of drug-likeness (QED) is 0.559. The Morgan fingerprint density at radius 3 is 2.59 bits per heavy atom. The third-order valence-corrected chi connectivity index (χ3v) is 9.73. The van der Waals surface area contributed by atoms with Crippen molar-refractivity contribution in [1.29, 1.82) is 0 Å². The van der Waals surface area contributed by atoms with Crippen LogP contribution in [0, 0.1) is 34.5 Å². The molecule has 1 nitrogen and oxygen atoms in total. The minimum Gasteiger partial charge on any atom is -0.374 e. The van der Waals surface area contributed by atoms with Crippen LogP contribution in [0.4, 0.5) is 0 Å². The molecule has 1 heteroatoms. The molecule has 4 saturated carbocycles.